The fourth-order valence-corrected chi connectivity index (χ4v) is 2.10. The van der Waals surface area contributed by atoms with E-state index >= 15 is 0 Å². The predicted octanol–water partition coefficient (Wildman–Crippen LogP) is 1.39. The van der Waals surface area contributed by atoms with Gasteiger partial charge in [-0.15, -0.1) is 0 Å². The number of ether oxygens (including phenoxy) is 1. The average Bonchev–Trinajstić information content (AvgIpc) is 2.41. The molecule has 7 heteroatoms. The molecule has 0 atom stereocenters. The van der Waals surface area contributed by atoms with Crippen LogP contribution in [0.25, 0.3) is 0 Å². The smallest absolute Gasteiger partial charge is 0.410 e. The molecule has 0 bridgehead atoms. The van der Waals surface area contributed by atoms with Crippen LogP contribution in [-0.2, 0) is 14.3 Å². The Labute approximate surface area is 130 Å². The molecule has 0 saturated carbocycles. The first-order valence-electron chi connectivity index (χ1n) is 7.34. The van der Waals surface area contributed by atoms with Crippen LogP contribution in [0, 0.1) is 5.92 Å². The molecule has 0 aliphatic carbocycles. The maximum Gasteiger partial charge on any atom is 0.410 e. The van der Waals surface area contributed by atoms with E-state index in [1.54, 1.807) is 4.90 Å². The monoisotopic (exact) mass is 312 g/mol. The normalized spacial score (nSPS) is 16.6. The van der Waals surface area contributed by atoms with Gasteiger partial charge in [0.2, 0.25) is 5.91 Å². The average molecular weight is 312 g/mol. The Hall–Kier alpha value is -2.05. The number of carbonyl (C=O) groups is 3. The summed E-state index contributed by atoms with van der Waals surface area (Å²) in [6.45, 7) is 7.17. The van der Waals surface area contributed by atoms with Crippen LogP contribution in [-0.4, -0.2) is 53.2 Å². The Morgan fingerprint density at radius 1 is 1.23 bits per heavy atom. The van der Waals surface area contributed by atoms with Crippen LogP contribution in [0.4, 0.5) is 4.79 Å². The Bertz CT molecular complexity index is 445. The molecule has 1 aliphatic rings. The van der Waals surface area contributed by atoms with Gasteiger partial charge in [-0.05, 0) is 39.5 Å². The predicted molar refractivity (Wildman–Crippen MR) is 80.3 cm³/mol. The molecule has 0 unspecified atom stereocenters. The van der Waals surface area contributed by atoms with Crippen molar-refractivity contribution in [3.63, 3.8) is 0 Å². The fourth-order valence-electron chi connectivity index (χ4n) is 2.10. The minimum atomic E-state index is -1.15. The summed E-state index contributed by atoms with van der Waals surface area (Å²) >= 11 is 0. The molecule has 1 rings (SSSR count). The quantitative estimate of drug-likeness (QED) is 0.765. The molecule has 0 aromatic heterocycles. The van der Waals surface area contributed by atoms with Crippen molar-refractivity contribution in [2.45, 2.75) is 39.2 Å². The topological polar surface area (TPSA) is 95.9 Å². The van der Waals surface area contributed by atoms with E-state index in [9.17, 15) is 14.4 Å². The number of rotatable bonds is 4. The first kappa shape index (κ1) is 18.0. The lowest BCUT2D eigenvalue weighted by Crippen LogP contribution is -2.43. The Morgan fingerprint density at radius 3 is 2.32 bits per heavy atom. The largest absolute Gasteiger partial charge is 0.478 e. The summed E-state index contributed by atoms with van der Waals surface area (Å²) < 4.78 is 5.32. The number of carboxylic acids is 1. The van der Waals surface area contributed by atoms with Crippen molar-refractivity contribution in [2.24, 2.45) is 5.92 Å². The van der Waals surface area contributed by atoms with Gasteiger partial charge < -0.3 is 20.1 Å². The molecule has 7 nitrogen and oxygen atoms in total. The molecule has 2 N–H and O–H groups in total. The van der Waals surface area contributed by atoms with E-state index < -0.39 is 17.5 Å². The highest BCUT2D eigenvalue weighted by Gasteiger charge is 2.26. The number of nitrogens with zero attached hydrogens (tertiary/aromatic N) is 1. The second-order valence-corrected chi connectivity index (χ2v) is 6.33. The molecule has 0 aromatic carbocycles. The zero-order valence-electron chi connectivity index (χ0n) is 13.3. The van der Waals surface area contributed by atoms with Gasteiger partial charge in [-0.2, -0.15) is 0 Å². The number of hydrogen-bond acceptors (Lipinski definition) is 4. The maximum absolute atomic E-state index is 11.9. The zero-order chi connectivity index (χ0) is 16.8. The van der Waals surface area contributed by atoms with E-state index in [1.165, 1.54) is 0 Å². The van der Waals surface area contributed by atoms with Crippen LogP contribution < -0.4 is 5.32 Å². The van der Waals surface area contributed by atoms with Crippen molar-refractivity contribution in [3.8, 4) is 0 Å². The molecule has 0 spiro atoms. The van der Waals surface area contributed by atoms with Crippen molar-refractivity contribution < 1.29 is 24.2 Å². The molecule has 1 aliphatic heterocycles. The summed E-state index contributed by atoms with van der Waals surface area (Å²) in [5.74, 6) is -1.29. The van der Waals surface area contributed by atoms with Crippen molar-refractivity contribution in [2.75, 3.05) is 19.6 Å². The zero-order valence-corrected chi connectivity index (χ0v) is 13.3. The highest BCUT2D eigenvalue weighted by molar-refractivity contribution is 5.93. The number of amides is 2. The van der Waals surface area contributed by atoms with Gasteiger partial charge in [0.15, 0.2) is 0 Å². The molecule has 124 valence electrons. The van der Waals surface area contributed by atoms with Gasteiger partial charge in [0, 0.05) is 31.8 Å². The van der Waals surface area contributed by atoms with Crippen LogP contribution in [0.1, 0.15) is 33.6 Å². The third-order valence-electron chi connectivity index (χ3n) is 3.21. The SMILES string of the molecule is CC(C)(C)OC(=O)N1CCC(CNC(=O)/C=C/C(=O)O)CC1. The number of aliphatic carboxylic acids is 1. The number of hydrogen-bond donors (Lipinski definition) is 2. The second-order valence-electron chi connectivity index (χ2n) is 6.33. The minimum absolute atomic E-state index is 0.279. The van der Waals surface area contributed by atoms with Crippen LogP contribution in [0.5, 0.6) is 0 Å². The van der Waals surface area contributed by atoms with E-state index in [1.807, 2.05) is 20.8 Å². The molecule has 1 heterocycles. The van der Waals surface area contributed by atoms with E-state index in [2.05, 4.69) is 5.32 Å². The lowest BCUT2D eigenvalue weighted by Gasteiger charge is -2.33. The van der Waals surface area contributed by atoms with Gasteiger partial charge in [-0.1, -0.05) is 0 Å². The highest BCUT2D eigenvalue weighted by atomic mass is 16.6. The third-order valence-corrected chi connectivity index (χ3v) is 3.21. The summed E-state index contributed by atoms with van der Waals surface area (Å²) in [6, 6.07) is 0. The summed E-state index contributed by atoms with van der Waals surface area (Å²) in [5.41, 5.74) is -0.502. The number of likely N-dealkylation sites (tertiary alicyclic amines) is 1. The highest BCUT2D eigenvalue weighted by Crippen LogP contribution is 2.19. The van der Waals surface area contributed by atoms with Crippen molar-refractivity contribution >= 4 is 18.0 Å². The van der Waals surface area contributed by atoms with Crippen LogP contribution in [0.2, 0.25) is 0 Å². The molecule has 0 radical (unpaired) electrons. The van der Waals surface area contributed by atoms with Gasteiger partial charge in [0.1, 0.15) is 5.60 Å². The third kappa shape index (κ3) is 7.10. The number of nitrogens with one attached hydrogen (secondary N) is 1. The van der Waals surface area contributed by atoms with Crippen molar-refractivity contribution in [3.05, 3.63) is 12.2 Å². The van der Waals surface area contributed by atoms with Gasteiger partial charge in [0.05, 0.1) is 0 Å². The Morgan fingerprint density at radius 2 is 1.82 bits per heavy atom. The van der Waals surface area contributed by atoms with E-state index in [0.717, 1.165) is 25.0 Å². The second kappa shape index (κ2) is 7.82. The maximum atomic E-state index is 11.9. The molecule has 2 amide bonds. The summed E-state index contributed by atoms with van der Waals surface area (Å²) in [6.07, 6.45) is 3.06. The van der Waals surface area contributed by atoms with Crippen molar-refractivity contribution in [1.29, 1.82) is 0 Å². The Balaban J connectivity index is 2.29. The van der Waals surface area contributed by atoms with E-state index in [0.29, 0.717) is 19.6 Å². The molecule has 1 saturated heterocycles. The molecule has 0 aromatic rings. The lowest BCUT2D eigenvalue weighted by molar-refractivity contribution is -0.131. The number of carbonyl (C=O) groups excluding carboxylic acids is 2. The van der Waals surface area contributed by atoms with Crippen LogP contribution >= 0.6 is 0 Å². The van der Waals surface area contributed by atoms with Crippen LogP contribution in [0.15, 0.2) is 12.2 Å². The Kier molecular flexibility index (Phi) is 6.39. The fraction of sp³-hybridized carbons (Fsp3) is 0.667. The molecule has 1 fully saturated rings. The summed E-state index contributed by atoms with van der Waals surface area (Å²) in [4.78, 5) is 35.2. The molecule has 22 heavy (non-hydrogen) atoms. The standard InChI is InChI=1S/C15H24N2O5/c1-15(2,3)22-14(21)17-8-6-11(7-9-17)10-16-12(18)4-5-13(19)20/h4-5,11H,6-10H2,1-3H3,(H,16,18)(H,19,20)/b5-4+. The van der Waals surface area contributed by atoms with E-state index in [-0.39, 0.29) is 12.0 Å². The van der Waals surface area contributed by atoms with Crippen LogP contribution in [0.3, 0.4) is 0 Å². The first-order valence-corrected chi connectivity index (χ1v) is 7.34. The van der Waals surface area contributed by atoms with Gasteiger partial charge in [0.25, 0.3) is 0 Å². The van der Waals surface area contributed by atoms with E-state index in [4.69, 9.17) is 9.84 Å². The van der Waals surface area contributed by atoms with Gasteiger partial charge in [-0.3, -0.25) is 4.79 Å². The first-order chi connectivity index (χ1) is 10.2. The molecular weight excluding hydrogens is 288 g/mol. The summed E-state index contributed by atoms with van der Waals surface area (Å²) in [7, 11) is 0. The molecular formula is C15H24N2O5. The number of piperidine rings is 1. The lowest BCUT2D eigenvalue weighted by atomic mass is 9.97. The van der Waals surface area contributed by atoms with Gasteiger partial charge in [-0.25, -0.2) is 9.59 Å². The minimum Gasteiger partial charge on any atom is -0.478 e. The summed E-state index contributed by atoms with van der Waals surface area (Å²) in [5, 5.41) is 11.1. The van der Waals surface area contributed by atoms with Gasteiger partial charge >= 0.3 is 12.1 Å². The van der Waals surface area contributed by atoms with Crippen molar-refractivity contribution in [1.82, 2.24) is 10.2 Å². The number of carboxylic acid groups (broad SMARTS) is 1.